The van der Waals surface area contributed by atoms with E-state index in [1.807, 2.05) is 40.3 Å². The lowest BCUT2D eigenvalue weighted by Crippen LogP contribution is -2.52. The molecule has 0 spiro atoms. The number of carbonyl (C=O) groups is 3. The monoisotopic (exact) mass is 397 g/mol. The first-order chi connectivity index (χ1) is 14.0. The van der Waals surface area contributed by atoms with Gasteiger partial charge in [-0.1, -0.05) is 24.6 Å². The molecule has 2 atom stereocenters. The Balaban J connectivity index is 1.31. The first-order valence-electron chi connectivity index (χ1n) is 10.4. The van der Waals surface area contributed by atoms with E-state index in [1.165, 1.54) is 0 Å². The fourth-order valence-corrected chi connectivity index (χ4v) is 4.63. The predicted octanol–water partition coefficient (Wildman–Crippen LogP) is 2.27. The lowest BCUT2D eigenvalue weighted by Gasteiger charge is -2.37. The molecule has 154 valence electrons. The van der Waals surface area contributed by atoms with Crippen LogP contribution in [0.4, 0.5) is 0 Å². The van der Waals surface area contributed by atoms with Crippen LogP contribution >= 0.6 is 0 Å². The number of hydrogen-bond donors (Lipinski definition) is 2. The van der Waals surface area contributed by atoms with Crippen molar-refractivity contribution in [1.29, 1.82) is 0 Å². The summed E-state index contributed by atoms with van der Waals surface area (Å²) < 4.78 is 0. The third-order valence-corrected chi connectivity index (χ3v) is 6.33. The van der Waals surface area contributed by atoms with Gasteiger partial charge in [0.05, 0.1) is 12.3 Å². The van der Waals surface area contributed by atoms with Crippen LogP contribution in [0.25, 0.3) is 10.9 Å². The van der Waals surface area contributed by atoms with Crippen LogP contribution < -0.4 is 0 Å². The first-order valence-corrected chi connectivity index (χ1v) is 10.4. The third kappa shape index (κ3) is 4.13. The maximum Gasteiger partial charge on any atom is 0.306 e. The highest BCUT2D eigenvalue weighted by atomic mass is 16.4. The van der Waals surface area contributed by atoms with E-state index in [2.05, 4.69) is 4.98 Å². The van der Waals surface area contributed by atoms with Crippen molar-refractivity contribution < 1.29 is 19.5 Å². The molecule has 1 aliphatic carbocycles. The lowest BCUT2D eigenvalue weighted by molar-refractivity contribution is -0.147. The molecule has 2 amide bonds. The molecule has 1 saturated heterocycles. The lowest BCUT2D eigenvalue weighted by atomic mass is 9.80. The summed E-state index contributed by atoms with van der Waals surface area (Å²) in [6.07, 6.45) is 4.90. The number of nitrogens with zero attached hydrogens (tertiary/aromatic N) is 2. The van der Waals surface area contributed by atoms with E-state index in [0.29, 0.717) is 45.4 Å². The number of rotatable bonds is 4. The van der Waals surface area contributed by atoms with Crippen molar-refractivity contribution in [3.8, 4) is 0 Å². The number of aromatic amines is 1. The van der Waals surface area contributed by atoms with Crippen molar-refractivity contribution in [2.45, 2.75) is 32.1 Å². The van der Waals surface area contributed by atoms with Crippen LogP contribution in [-0.4, -0.2) is 63.9 Å². The molecule has 1 aromatic carbocycles. The van der Waals surface area contributed by atoms with E-state index in [4.69, 9.17) is 0 Å². The minimum Gasteiger partial charge on any atom is -0.481 e. The van der Waals surface area contributed by atoms with Crippen LogP contribution in [-0.2, 0) is 20.8 Å². The number of piperazine rings is 1. The molecule has 1 saturated carbocycles. The van der Waals surface area contributed by atoms with Gasteiger partial charge in [-0.3, -0.25) is 14.4 Å². The average molecular weight is 397 g/mol. The quantitative estimate of drug-likeness (QED) is 0.828. The zero-order valence-electron chi connectivity index (χ0n) is 16.5. The summed E-state index contributed by atoms with van der Waals surface area (Å²) in [5, 5.41) is 10.3. The fraction of sp³-hybridized carbons (Fsp3) is 0.500. The molecule has 4 rings (SSSR count). The number of carboxylic acid groups (broad SMARTS) is 1. The highest BCUT2D eigenvalue weighted by Gasteiger charge is 2.34. The van der Waals surface area contributed by atoms with E-state index >= 15 is 0 Å². The maximum absolute atomic E-state index is 12.8. The van der Waals surface area contributed by atoms with Gasteiger partial charge in [0.1, 0.15) is 0 Å². The minimum absolute atomic E-state index is 0.0553. The number of aromatic nitrogens is 1. The number of hydrogen-bond acceptors (Lipinski definition) is 3. The van der Waals surface area contributed by atoms with Crippen LogP contribution in [0.1, 0.15) is 31.2 Å². The van der Waals surface area contributed by atoms with E-state index in [1.54, 1.807) is 0 Å². The summed E-state index contributed by atoms with van der Waals surface area (Å²) in [7, 11) is 0. The molecule has 0 bridgehead atoms. The zero-order chi connectivity index (χ0) is 20.4. The molecule has 2 aliphatic rings. The Hall–Kier alpha value is -2.83. The van der Waals surface area contributed by atoms with Gasteiger partial charge in [-0.15, -0.1) is 0 Å². The number of carbonyl (C=O) groups excluding carboxylic acids is 2. The molecule has 1 aliphatic heterocycles. The summed E-state index contributed by atoms with van der Waals surface area (Å²) >= 11 is 0. The Labute approximate surface area is 169 Å². The number of benzene rings is 1. The van der Waals surface area contributed by atoms with Crippen molar-refractivity contribution in [3.63, 3.8) is 0 Å². The Morgan fingerprint density at radius 1 is 1.00 bits per heavy atom. The van der Waals surface area contributed by atoms with Crippen molar-refractivity contribution in [1.82, 2.24) is 14.8 Å². The molecule has 2 unspecified atom stereocenters. The zero-order valence-corrected chi connectivity index (χ0v) is 16.5. The largest absolute Gasteiger partial charge is 0.481 e. The number of fused-ring (bicyclic) bond motifs is 1. The summed E-state index contributed by atoms with van der Waals surface area (Å²) in [6, 6.07) is 7.94. The second kappa shape index (κ2) is 8.27. The minimum atomic E-state index is -0.796. The molecular weight excluding hydrogens is 370 g/mol. The molecular formula is C22H27N3O4. The van der Waals surface area contributed by atoms with E-state index in [-0.39, 0.29) is 17.7 Å². The van der Waals surface area contributed by atoms with Gasteiger partial charge in [0, 0.05) is 49.2 Å². The van der Waals surface area contributed by atoms with Crippen LogP contribution in [0.2, 0.25) is 0 Å². The number of aliphatic carboxylic acids is 1. The molecule has 2 aromatic rings. The second-order valence-corrected chi connectivity index (χ2v) is 8.14. The Morgan fingerprint density at radius 3 is 2.45 bits per heavy atom. The fourth-order valence-electron chi connectivity index (χ4n) is 4.63. The van der Waals surface area contributed by atoms with Gasteiger partial charge in [-0.2, -0.15) is 0 Å². The highest BCUT2D eigenvalue weighted by molar-refractivity contribution is 5.89. The summed E-state index contributed by atoms with van der Waals surface area (Å²) in [4.78, 5) is 43.7. The number of para-hydroxylation sites is 1. The second-order valence-electron chi connectivity index (χ2n) is 8.14. The summed E-state index contributed by atoms with van der Waals surface area (Å²) in [5.74, 6) is -1.27. The SMILES string of the molecule is O=C(O)C1CCCC(C(=O)N2CCN(C(=O)Cc3c[nH]c4ccccc34)CC2)C1. The Morgan fingerprint density at radius 2 is 1.69 bits per heavy atom. The van der Waals surface area contributed by atoms with Crippen LogP contribution in [0.5, 0.6) is 0 Å². The number of nitrogens with one attached hydrogen (secondary N) is 1. The van der Waals surface area contributed by atoms with Crippen LogP contribution in [0, 0.1) is 11.8 Å². The normalized spacial score (nSPS) is 22.6. The summed E-state index contributed by atoms with van der Waals surface area (Å²) in [6.45, 7) is 2.10. The Kier molecular flexibility index (Phi) is 5.56. The van der Waals surface area contributed by atoms with Gasteiger partial charge in [0.2, 0.25) is 11.8 Å². The Bertz CT molecular complexity index is 914. The third-order valence-electron chi connectivity index (χ3n) is 6.33. The molecule has 2 fully saturated rings. The molecule has 7 nitrogen and oxygen atoms in total. The topological polar surface area (TPSA) is 93.7 Å². The predicted molar refractivity (Wildman–Crippen MR) is 108 cm³/mol. The van der Waals surface area contributed by atoms with E-state index in [9.17, 15) is 19.5 Å². The molecule has 7 heteroatoms. The molecule has 2 heterocycles. The van der Waals surface area contributed by atoms with Crippen LogP contribution in [0.15, 0.2) is 30.5 Å². The van der Waals surface area contributed by atoms with Crippen LogP contribution in [0.3, 0.4) is 0 Å². The molecule has 29 heavy (non-hydrogen) atoms. The van der Waals surface area contributed by atoms with Crippen molar-refractivity contribution in [2.75, 3.05) is 26.2 Å². The number of amides is 2. The van der Waals surface area contributed by atoms with Gasteiger partial charge in [-0.05, 0) is 30.9 Å². The first kappa shape index (κ1) is 19.5. The molecule has 0 radical (unpaired) electrons. The van der Waals surface area contributed by atoms with Gasteiger partial charge in [-0.25, -0.2) is 0 Å². The molecule has 2 N–H and O–H groups in total. The van der Waals surface area contributed by atoms with E-state index in [0.717, 1.165) is 29.3 Å². The van der Waals surface area contributed by atoms with E-state index < -0.39 is 11.9 Å². The number of carboxylic acids is 1. The highest BCUT2D eigenvalue weighted by Crippen LogP contribution is 2.31. The summed E-state index contributed by atoms with van der Waals surface area (Å²) in [5.41, 5.74) is 2.02. The standard InChI is InChI=1S/C22H27N3O4/c26-20(13-17-14-23-19-7-2-1-6-18(17)19)24-8-10-25(11-9-24)21(27)15-4-3-5-16(12-15)22(28)29/h1-2,6-7,14-16,23H,3-5,8-13H2,(H,28,29). The van der Waals surface area contributed by atoms with Gasteiger partial charge in [0.25, 0.3) is 0 Å². The van der Waals surface area contributed by atoms with Crippen molar-refractivity contribution in [3.05, 3.63) is 36.0 Å². The van der Waals surface area contributed by atoms with Crippen molar-refractivity contribution >= 4 is 28.7 Å². The maximum atomic E-state index is 12.8. The average Bonchev–Trinajstić information content (AvgIpc) is 3.16. The van der Waals surface area contributed by atoms with Gasteiger partial charge in [0.15, 0.2) is 0 Å². The number of H-pyrrole nitrogens is 1. The van der Waals surface area contributed by atoms with Gasteiger partial charge < -0.3 is 19.9 Å². The smallest absolute Gasteiger partial charge is 0.306 e. The molecule has 1 aromatic heterocycles. The van der Waals surface area contributed by atoms with Gasteiger partial charge >= 0.3 is 5.97 Å². The van der Waals surface area contributed by atoms with Crippen molar-refractivity contribution in [2.24, 2.45) is 11.8 Å².